The van der Waals surface area contributed by atoms with Crippen LogP contribution in [0.15, 0.2) is 48.2 Å². The maximum atomic E-state index is 13.5. The second-order valence-electron chi connectivity index (χ2n) is 13.8. The average molecular weight is 542 g/mol. The van der Waals surface area contributed by atoms with Crippen LogP contribution in [0.1, 0.15) is 49.7 Å². The van der Waals surface area contributed by atoms with E-state index in [1.165, 1.54) is 30.5 Å². The number of hydrogen-bond donors (Lipinski definition) is 3. The Morgan fingerprint density at radius 2 is 2.10 bits per heavy atom. The second kappa shape index (κ2) is 7.95. The number of benzene rings is 1. The Morgan fingerprint density at radius 3 is 2.95 bits per heavy atom. The van der Waals surface area contributed by atoms with Crippen LogP contribution in [0.4, 0.5) is 0 Å². The minimum atomic E-state index is -0.503. The molecule has 7 nitrogen and oxygen atoms in total. The van der Waals surface area contributed by atoms with Crippen LogP contribution in [0.3, 0.4) is 0 Å². The molecule has 9 aliphatic rings. The van der Waals surface area contributed by atoms with Crippen molar-refractivity contribution in [1.29, 1.82) is 0 Å². The largest absolute Gasteiger partial charge is 0.504 e. The van der Waals surface area contributed by atoms with Gasteiger partial charge in [0.05, 0.1) is 6.04 Å². The molecule has 6 aliphatic carbocycles. The maximum absolute atomic E-state index is 13.5. The lowest BCUT2D eigenvalue weighted by molar-refractivity contribution is -0.276. The van der Waals surface area contributed by atoms with Gasteiger partial charge in [-0.3, -0.25) is 9.69 Å². The number of nitrogens with one attached hydrogen (secondary N) is 2. The maximum Gasteiger partial charge on any atom is 0.249 e. The summed E-state index contributed by atoms with van der Waals surface area (Å²) in [6, 6.07) is 4.62. The smallest absolute Gasteiger partial charge is 0.249 e. The summed E-state index contributed by atoms with van der Waals surface area (Å²) in [5.74, 6) is 2.04. The highest BCUT2D eigenvalue weighted by Gasteiger charge is 2.80. The van der Waals surface area contributed by atoms with Crippen molar-refractivity contribution in [3.05, 3.63) is 59.3 Å². The van der Waals surface area contributed by atoms with Gasteiger partial charge in [-0.2, -0.15) is 0 Å². The molecule has 1 saturated heterocycles. The number of phenolic OH excluding ortho intramolecular Hbond substituents is 1. The van der Waals surface area contributed by atoms with Crippen LogP contribution < -0.4 is 15.4 Å². The number of nitrogens with zero attached hydrogens (tertiary/aromatic N) is 1. The van der Waals surface area contributed by atoms with Crippen molar-refractivity contribution in [1.82, 2.24) is 15.5 Å². The molecule has 210 valence electrons. The lowest BCUT2D eigenvalue weighted by atomic mass is 9.35. The van der Waals surface area contributed by atoms with E-state index in [2.05, 4.69) is 33.8 Å². The molecule has 10 rings (SSSR count). The number of allylic oxidation sites excluding steroid dienone is 2. The molecule has 1 amide bonds. The number of methoxy groups -OCH3 is 1. The minimum Gasteiger partial charge on any atom is -0.504 e. The lowest BCUT2D eigenvalue weighted by Gasteiger charge is -2.74. The number of amides is 1. The van der Waals surface area contributed by atoms with Crippen molar-refractivity contribution < 1.29 is 19.4 Å². The zero-order valence-corrected chi connectivity index (χ0v) is 23.2. The molecular weight excluding hydrogens is 502 g/mol. The van der Waals surface area contributed by atoms with Crippen molar-refractivity contribution >= 4 is 5.91 Å². The average Bonchev–Trinajstić information content (AvgIpc) is 3.56. The Labute approximate surface area is 235 Å². The molecule has 2 spiro atoms. The van der Waals surface area contributed by atoms with E-state index >= 15 is 0 Å². The third kappa shape index (κ3) is 2.76. The first-order valence-corrected chi connectivity index (χ1v) is 15.4. The first kappa shape index (κ1) is 23.9. The van der Waals surface area contributed by atoms with Gasteiger partial charge in [-0.15, -0.1) is 0 Å². The first-order valence-electron chi connectivity index (χ1n) is 15.4. The Hall–Kier alpha value is -2.77. The molecule has 3 N–H and O–H groups in total. The zero-order valence-electron chi connectivity index (χ0n) is 23.2. The third-order valence-corrected chi connectivity index (χ3v) is 12.5. The zero-order chi connectivity index (χ0) is 26.9. The van der Waals surface area contributed by atoms with Crippen LogP contribution in [0.2, 0.25) is 0 Å². The number of carbonyl (C=O) groups excluding carboxylic acids is 1. The fourth-order valence-corrected chi connectivity index (χ4v) is 10.7. The predicted molar refractivity (Wildman–Crippen MR) is 150 cm³/mol. The molecule has 0 radical (unpaired) electrons. The van der Waals surface area contributed by atoms with Gasteiger partial charge in [0.1, 0.15) is 11.7 Å². The fourth-order valence-electron chi connectivity index (χ4n) is 10.7. The third-order valence-electron chi connectivity index (χ3n) is 12.5. The van der Waals surface area contributed by atoms with Gasteiger partial charge in [-0.05, 0) is 69.0 Å². The Bertz CT molecular complexity index is 1400. The van der Waals surface area contributed by atoms with E-state index in [1.54, 1.807) is 0 Å². The number of rotatable bonds is 6. The molecule has 8 atom stereocenters. The molecule has 4 saturated carbocycles. The van der Waals surface area contributed by atoms with Crippen LogP contribution in [-0.2, 0) is 21.4 Å². The van der Waals surface area contributed by atoms with Crippen LogP contribution >= 0.6 is 0 Å². The van der Waals surface area contributed by atoms with E-state index in [1.807, 2.05) is 31.5 Å². The fraction of sp³-hybridized carbons (Fsp3) is 0.606. The van der Waals surface area contributed by atoms with E-state index in [4.69, 9.17) is 9.47 Å². The normalized spacial score (nSPS) is 43.0. The highest BCUT2D eigenvalue weighted by Crippen LogP contribution is 2.76. The van der Waals surface area contributed by atoms with Crippen LogP contribution in [0.5, 0.6) is 11.5 Å². The number of piperidine rings is 1. The Balaban J connectivity index is 1.09. The minimum absolute atomic E-state index is 0.00891. The van der Waals surface area contributed by atoms with Gasteiger partial charge in [-0.25, -0.2) is 0 Å². The number of ether oxygens (including phenoxy) is 2. The lowest BCUT2D eigenvalue weighted by Crippen LogP contribution is -2.81. The summed E-state index contributed by atoms with van der Waals surface area (Å²) in [6.45, 7) is 2.87. The highest BCUT2D eigenvalue weighted by molar-refractivity contribution is 5.95. The van der Waals surface area contributed by atoms with Gasteiger partial charge in [0, 0.05) is 66.2 Å². The molecule has 7 heteroatoms. The SMILES string of the molecule is CO[C@]12CC[C@@]3(C[C@@H]1CNC(=O)C1=CNC4C=CC=CC14)[C@H]1Cc4ccc(O)c5c4[C@@]3(CCN1CC1CC1)[C@H]2O5. The summed E-state index contributed by atoms with van der Waals surface area (Å²) in [5, 5.41) is 17.7. The number of carbonyl (C=O) groups is 1. The van der Waals surface area contributed by atoms with Gasteiger partial charge in [0.15, 0.2) is 11.5 Å². The molecule has 2 unspecified atom stereocenters. The molecular formula is C33H39N3O4. The Morgan fingerprint density at radius 1 is 1.23 bits per heavy atom. The van der Waals surface area contributed by atoms with Crippen LogP contribution in [-0.4, -0.2) is 66.4 Å². The number of fused-ring (bicyclic) bond motifs is 3. The van der Waals surface area contributed by atoms with E-state index < -0.39 is 5.60 Å². The summed E-state index contributed by atoms with van der Waals surface area (Å²) in [7, 11) is 1.84. The van der Waals surface area contributed by atoms with Crippen LogP contribution in [0.25, 0.3) is 0 Å². The molecule has 3 heterocycles. The standard InChI is InChI=1S/C33H39N3O4/c1-39-33-11-10-31(15-21(33)16-35-29(38)23-17-34-24-5-3-2-4-22(23)24)26-14-20-8-9-25(37)28-27(20)32(31,30(33)40-28)12-13-36(26)18-19-6-7-19/h2-5,8-9,17,19,21-22,24,26,30,34,37H,6-7,10-16,18H2,1H3,(H,35,38)/t21-,22?,24?,26-,30-,31-,32+,33-/m1/s1. The number of likely N-dealkylation sites (tertiary alicyclic amines) is 1. The monoisotopic (exact) mass is 541 g/mol. The van der Waals surface area contributed by atoms with Crippen molar-refractivity contribution in [3.63, 3.8) is 0 Å². The molecule has 4 bridgehead atoms. The highest BCUT2D eigenvalue weighted by atomic mass is 16.6. The summed E-state index contributed by atoms with van der Waals surface area (Å²) >= 11 is 0. The van der Waals surface area contributed by atoms with E-state index in [0.29, 0.717) is 18.3 Å². The molecule has 1 aromatic rings. The summed E-state index contributed by atoms with van der Waals surface area (Å²) in [6.07, 6.45) is 17.9. The van der Waals surface area contributed by atoms with Crippen molar-refractivity contribution in [2.75, 3.05) is 26.7 Å². The van der Waals surface area contributed by atoms with Crippen molar-refractivity contribution in [2.24, 2.45) is 23.2 Å². The van der Waals surface area contributed by atoms with E-state index in [9.17, 15) is 9.90 Å². The van der Waals surface area contributed by atoms with Crippen LogP contribution in [0, 0.1) is 23.2 Å². The second-order valence-corrected chi connectivity index (χ2v) is 13.8. The molecule has 0 aromatic heterocycles. The number of hydrogen-bond acceptors (Lipinski definition) is 6. The van der Waals surface area contributed by atoms with Crippen molar-refractivity contribution in [2.45, 2.75) is 74.1 Å². The summed E-state index contributed by atoms with van der Waals surface area (Å²) in [4.78, 5) is 16.4. The van der Waals surface area contributed by atoms with Gasteiger partial charge in [0.25, 0.3) is 0 Å². The van der Waals surface area contributed by atoms with E-state index in [-0.39, 0.29) is 46.5 Å². The molecule has 3 aliphatic heterocycles. The van der Waals surface area contributed by atoms with Gasteiger partial charge in [-0.1, -0.05) is 30.4 Å². The van der Waals surface area contributed by atoms with Gasteiger partial charge < -0.3 is 25.2 Å². The topological polar surface area (TPSA) is 83.1 Å². The van der Waals surface area contributed by atoms with Gasteiger partial charge >= 0.3 is 0 Å². The molecule has 5 fully saturated rings. The summed E-state index contributed by atoms with van der Waals surface area (Å²) < 4.78 is 13.5. The number of aromatic hydroxyl groups is 1. The Kier molecular flexibility index (Phi) is 4.74. The van der Waals surface area contributed by atoms with E-state index in [0.717, 1.165) is 50.1 Å². The predicted octanol–water partition coefficient (Wildman–Crippen LogP) is 3.33. The van der Waals surface area contributed by atoms with Crippen molar-refractivity contribution in [3.8, 4) is 11.5 Å². The summed E-state index contributed by atoms with van der Waals surface area (Å²) in [5.41, 5.74) is 2.86. The molecule has 40 heavy (non-hydrogen) atoms. The van der Waals surface area contributed by atoms with Gasteiger partial charge in [0.2, 0.25) is 5.91 Å². The quantitative estimate of drug-likeness (QED) is 0.513. The molecule has 1 aromatic carbocycles. The number of phenols is 1. The first-order chi connectivity index (χ1) is 19.5.